The molecule has 5 nitrogen and oxygen atoms in total. The minimum Gasteiger partial charge on any atom is -0.507 e. The zero-order valence-electron chi connectivity index (χ0n) is 9.40. The first-order valence-electron chi connectivity index (χ1n) is 5.00. The lowest BCUT2D eigenvalue weighted by molar-refractivity contribution is -0.137. The summed E-state index contributed by atoms with van der Waals surface area (Å²) in [5.41, 5.74) is -1.59. The molecular weight excluding hydrogens is 347 g/mol. The van der Waals surface area contributed by atoms with Gasteiger partial charge in [-0.2, -0.15) is 13.2 Å². The molecule has 2 N–H and O–H groups in total. The molecule has 0 saturated carbocycles. The van der Waals surface area contributed by atoms with Gasteiger partial charge in [-0.25, -0.2) is 4.79 Å². The van der Waals surface area contributed by atoms with Gasteiger partial charge in [-0.1, -0.05) is 5.16 Å². The Morgan fingerprint density at radius 1 is 1.30 bits per heavy atom. The highest BCUT2D eigenvalue weighted by Gasteiger charge is 2.32. The third kappa shape index (κ3) is 2.62. The molecule has 2 aromatic rings. The number of carboxylic acid groups (broad SMARTS) is 1. The van der Waals surface area contributed by atoms with Gasteiger partial charge in [-0.05, 0) is 28.1 Å². The van der Waals surface area contributed by atoms with Crippen LogP contribution in [0.1, 0.15) is 16.1 Å². The van der Waals surface area contributed by atoms with Crippen LogP contribution in [0.4, 0.5) is 13.2 Å². The standard InChI is InChI=1S/C11H5BrF3NO4/c12-5-1-4(11(13,14)15)2-7(17)9(5)8-3-6(10(18)19)16-20-8/h1-3,17H,(H,18,19). The van der Waals surface area contributed by atoms with Gasteiger partial charge in [0.25, 0.3) is 0 Å². The molecule has 1 aromatic carbocycles. The van der Waals surface area contributed by atoms with E-state index in [0.29, 0.717) is 6.07 Å². The third-order valence-electron chi connectivity index (χ3n) is 2.37. The van der Waals surface area contributed by atoms with Crippen molar-refractivity contribution in [1.29, 1.82) is 0 Å². The predicted molar refractivity (Wildman–Crippen MR) is 63.3 cm³/mol. The van der Waals surface area contributed by atoms with Gasteiger partial charge in [0.05, 0.1) is 11.1 Å². The summed E-state index contributed by atoms with van der Waals surface area (Å²) in [7, 11) is 0. The van der Waals surface area contributed by atoms with Gasteiger partial charge < -0.3 is 14.7 Å². The number of phenolic OH excluding ortho intramolecular Hbond substituents is 1. The van der Waals surface area contributed by atoms with E-state index in [1.54, 1.807) is 0 Å². The van der Waals surface area contributed by atoms with Crippen molar-refractivity contribution >= 4 is 21.9 Å². The van der Waals surface area contributed by atoms with Gasteiger partial charge in [0.15, 0.2) is 11.5 Å². The number of hydrogen-bond acceptors (Lipinski definition) is 4. The number of carbonyl (C=O) groups is 1. The average Bonchev–Trinajstić information content (AvgIpc) is 2.76. The molecule has 9 heteroatoms. The quantitative estimate of drug-likeness (QED) is 0.864. The Bertz CT molecular complexity index is 658. The van der Waals surface area contributed by atoms with Crippen molar-refractivity contribution in [1.82, 2.24) is 5.16 Å². The second-order valence-corrected chi connectivity index (χ2v) is 4.59. The Labute approximate surface area is 117 Å². The number of halogens is 4. The number of benzene rings is 1. The highest BCUT2D eigenvalue weighted by molar-refractivity contribution is 9.10. The van der Waals surface area contributed by atoms with Gasteiger partial charge in [0.1, 0.15) is 5.75 Å². The van der Waals surface area contributed by atoms with Crippen molar-refractivity contribution in [2.75, 3.05) is 0 Å². The van der Waals surface area contributed by atoms with E-state index >= 15 is 0 Å². The van der Waals surface area contributed by atoms with Crippen LogP contribution >= 0.6 is 15.9 Å². The van der Waals surface area contributed by atoms with Crippen LogP contribution in [0.5, 0.6) is 5.75 Å². The van der Waals surface area contributed by atoms with Crippen LogP contribution in [0.3, 0.4) is 0 Å². The third-order valence-corrected chi connectivity index (χ3v) is 3.00. The summed E-state index contributed by atoms with van der Waals surface area (Å²) in [4.78, 5) is 10.7. The normalized spacial score (nSPS) is 11.6. The van der Waals surface area contributed by atoms with Crippen LogP contribution in [0.2, 0.25) is 0 Å². The molecule has 0 saturated heterocycles. The molecule has 0 bridgehead atoms. The van der Waals surface area contributed by atoms with E-state index in [0.717, 1.165) is 12.1 Å². The summed E-state index contributed by atoms with van der Waals surface area (Å²) in [6, 6.07) is 2.26. The Morgan fingerprint density at radius 3 is 2.40 bits per heavy atom. The lowest BCUT2D eigenvalue weighted by Gasteiger charge is -2.10. The number of phenols is 1. The molecule has 2 rings (SSSR count). The molecule has 0 fully saturated rings. The summed E-state index contributed by atoms with van der Waals surface area (Å²) in [6.45, 7) is 0. The topological polar surface area (TPSA) is 83.6 Å². The van der Waals surface area contributed by atoms with E-state index in [2.05, 4.69) is 21.1 Å². The number of nitrogens with zero attached hydrogens (tertiary/aromatic N) is 1. The fourth-order valence-corrected chi connectivity index (χ4v) is 2.14. The van der Waals surface area contributed by atoms with Crippen molar-refractivity contribution in [2.24, 2.45) is 0 Å². The molecule has 0 aliphatic heterocycles. The lowest BCUT2D eigenvalue weighted by atomic mass is 10.1. The molecule has 0 aliphatic carbocycles. The molecule has 20 heavy (non-hydrogen) atoms. The monoisotopic (exact) mass is 351 g/mol. The molecular formula is C11H5BrF3NO4. The fraction of sp³-hybridized carbons (Fsp3) is 0.0909. The fourth-order valence-electron chi connectivity index (χ4n) is 1.49. The molecule has 0 amide bonds. The second kappa shape index (κ2) is 4.82. The Hall–Kier alpha value is -2.03. The number of rotatable bonds is 2. The average molecular weight is 352 g/mol. The molecule has 0 spiro atoms. The van der Waals surface area contributed by atoms with Gasteiger partial charge in [0, 0.05) is 10.5 Å². The molecule has 0 aliphatic rings. The SMILES string of the molecule is O=C(O)c1cc(-c2c(O)cc(C(F)(F)F)cc2Br)on1. The predicted octanol–water partition coefficient (Wildman–Crippen LogP) is 3.53. The molecule has 0 atom stereocenters. The van der Waals surface area contributed by atoms with Crippen LogP contribution in [0, 0.1) is 0 Å². The maximum Gasteiger partial charge on any atom is 0.416 e. The summed E-state index contributed by atoms with van der Waals surface area (Å²) in [6.07, 6.45) is -4.62. The summed E-state index contributed by atoms with van der Waals surface area (Å²) >= 11 is 2.88. The maximum atomic E-state index is 12.5. The second-order valence-electron chi connectivity index (χ2n) is 3.73. The minimum atomic E-state index is -4.62. The van der Waals surface area contributed by atoms with Crippen LogP contribution < -0.4 is 0 Å². The van der Waals surface area contributed by atoms with Crippen molar-refractivity contribution in [3.63, 3.8) is 0 Å². The van der Waals surface area contributed by atoms with Gasteiger partial charge in [0.2, 0.25) is 0 Å². The van der Waals surface area contributed by atoms with E-state index in [4.69, 9.17) is 9.63 Å². The van der Waals surface area contributed by atoms with E-state index in [1.165, 1.54) is 0 Å². The first kappa shape index (κ1) is 14.4. The Kier molecular flexibility index (Phi) is 3.46. The summed E-state index contributed by atoms with van der Waals surface area (Å²) in [5.74, 6) is -2.23. The maximum absolute atomic E-state index is 12.5. The van der Waals surface area contributed by atoms with Gasteiger partial charge in [-0.15, -0.1) is 0 Å². The smallest absolute Gasteiger partial charge is 0.416 e. The number of alkyl halides is 3. The summed E-state index contributed by atoms with van der Waals surface area (Å²) < 4.78 is 42.2. The Balaban J connectivity index is 2.55. The Morgan fingerprint density at radius 2 is 1.95 bits per heavy atom. The molecule has 0 unspecified atom stereocenters. The molecule has 106 valence electrons. The first-order valence-corrected chi connectivity index (χ1v) is 5.79. The van der Waals surface area contributed by atoms with Gasteiger partial charge in [-0.3, -0.25) is 0 Å². The van der Waals surface area contributed by atoms with Crippen molar-refractivity contribution in [2.45, 2.75) is 6.18 Å². The summed E-state index contributed by atoms with van der Waals surface area (Å²) in [5, 5.41) is 21.6. The lowest BCUT2D eigenvalue weighted by Crippen LogP contribution is -2.04. The van der Waals surface area contributed by atoms with E-state index in [-0.39, 0.29) is 15.8 Å². The zero-order chi connectivity index (χ0) is 15.1. The van der Waals surface area contributed by atoms with Crippen LogP contribution in [0.25, 0.3) is 11.3 Å². The number of aromatic carboxylic acids is 1. The number of aromatic hydroxyl groups is 1. The van der Waals surface area contributed by atoms with Crippen molar-refractivity contribution in [3.05, 3.63) is 33.9 Å². The minimum absolute atomic E-state index is 0.0992. The highest BCUT2D eigenvalue weighted by Crippen LogP contribution is 2.41. The van der Waals surface area contributed by atoms with E-state index in [1.807, 2.05) is 0 Å². The van der Waals surface area contributed by atoms with Crippen LogP contribution in [-0.2, 0) is 6.18 Å². The van der Waals surface area contributed by atoms with E-state index < -0.39 is 29.2 Å². The zero-order valence-corrected chi connectivity index (χ0v) is 11.0. The van der Waals surface area contributed by atoms with E-state index in [9.17, 15) is 23.1 Å². The first-order chi connectivity index (χ1) is 9.20. The highest BCUT2D eigenvalue weighted by atomic mass is 79.9. The van der Waals surface area contributed by atoms with Crippen molar-refractivity contribution in [3.8, 4) is 17.1 Å². The molecule has 1 aromatic heterocycles. The number of carboxylic acids is 1. The number of aromatic nitrogens is 1. The van der Waals surface area contributed by atoms with Crippen LogP contribution in [0.15, 0.2) is 27.2 Å². The molecule has 0 radical (unpaired) electrons. The van der Waals surface area contributed by atoms with Gasteiger partial charge >= 0.3 is 12.1 Å². The van der Waals surface area contributed by atoms with Crippen LogP contribution in [-0.4, -0.2) is 21.3 Å². The largest absolute Gasteiger partial charge is 0.507 e. The van der Waals surface area contributed by atoms with Crippen molar-refractivity contribution < 1.29 is 32.7 Å². The number of hydrogen-bond donors (Lipinski definition) is 2. The molecule has 1 heterocycles.